The number of imide groups is 2. The Bertz CT molecular complexity index is 499. The molecule has 0 saturated carbocycles. The molecule has 0 radical (unpaired) electrons. The second-order valence-corrected chi connectivity index (χ2v) is 4.62. The van der Waals surface area contributed by atoms with Crippen molar-refractivity contribution in [1.82, 2.24) is 10.2 Å². The Morgan fingerprint density at radius 1 is 1.16 bits per heavy atom. The molecule has 1 atom stereocenters. The molecule has 1 aromatic carbocycles. The van der Waals surface area contributed by atoms with Crippen molar-refractivity contribution < 1.29 is 14.4 Å². The second-order valence-electron chi connectivity index (χ2n) is 4.62. The van der Waals surface area contributed by atoms with Gasteiger partial charge in [0.05, 0.1) is 0 Å². The highest BCUT2D eigenvalue weighted by Gasteiger charge is 2.37. The number of barbiturate groups is 1. The van der Waals surface area contributed by atoms with Gasteiger partial charge in [-0.3, -0.25) is 19.8 Å². The molecule has 0 aromatic heterocycles. The summed E-state index contributed by atoms with van der Waals surface area (Å²) in [5, 5.41) is 2.19. The number of urea groups is 1. The van der Waals surface area contributed by atoms with Crippen molar-refractivity contribution in [2.75, 3.05) is 7.05 Å². The lowest BCUT2D eigenvalue weighted by Crippen LogP contribution is -2.56. The molecule has 0 spiro atoms. The van der Waals surface area contributed by atoms with E-state index < -0.39 is 23.8 Å². The maximum absolute atomic E-state index is 11.8. The molecule has 5 heteroatoms. The summed E-state index contributed by atoms with van der Waals surface area (Å²) < 4.78 is 0. The maximum Gasteiger partial charge on any atom is 0.330 e. The quantitative estimate of drug-likeness (QED) is 0.831. The lowest BCUT2D eigenvalue weighted by atomic mass is 9.96. The van der Waals surface area contributed by atoms with Crippen LogP contribution in [0, 0.1) is 5.92 Å². The van der Waals surface area contributed by atoms with E-state index in [1.165, 1.54) is 12.6 Å². The Hall–Kier alpha value is -2.17. The van der Waals surface area contributed by atoms with Crippen molar-refractivity contribution >= 4 is 17.8 Å². The number of carbonyl (C=O) groups excluding carboxylic acids is 3. The van der Waals surface area contributed by atoms with Crippen LogP contribution < -0.4 is 5.32 Å². The highest BCUT2D eigenvalue weighted by molar-refractivity contribution is 6.15. The third-order valence-corrected chi connectivity index (χ3v) is 3.28. The Labute approximate surface area is 111 Å². The van der Waals surface area contributed by atoms with E-state index in [1.54, 1.807) is 0 Å². The summed E-state index contributed by atoms with van der Waals surface area (Å²) >= 11 is 0. The van der Waals surface area contributed by atoms with Crippen LogP contribution >= 0.6 is 0 Å². The smallest absolute Gasteiger partial charge is 0.277 e. The number of amides is 4. The Balaban J connectivity index is 1.90. The topological polar surface area (TPSA) is 66.5 Å². The predicted octanol–water partition coefficient (Wildman–Crippen LogP) is 1.33. The minimum Gasteiger partial charge on any atom is -0.277 e. The number of hydrogen-bond donors (Lipinski definition) is 1. The SMILES string of the molecule is CN1C(=O)NC(=O)[C@H](CCCc2ccccc2)C1=O. The fourth-order valence-electron chi connectivity index (χ4n) is 2.13. The first-order valence-electron chi connectivity index (χ1n) is 6.26. The number of nitrogens with one attached hydrogen (secondary N) is 1. The van der Waals surface area contributed by atoms with Gasteiger partial charge in [0.25, 0.3) is 0 Å². The van der Waals surface area contributed by atoms with E-state index in [0.29, 0.717) is 6.42 Å². The van der Waals surface area contributed by atoms with Crippen LogP contribution in [0.4, 0.5) is 4.79 Å². The number of carbonyl (C=O) groups is 3. The fraction of sp³-hybridized carbons (Fsp3) is 0.357. The first kappa shape index (κ1) is 13.3. The molecule has 2 rings (SSSR count). The molecule has 1 N–H and O–H groups in total. The van der Waals surface area contributed by atoms with E-state index in [2.05, 4.69) is 5.32 Å². The van der Waals surface area contributed by atoms with Gasteiger partial charge in [-0.15, -0.1) is 0 Å². The molecule has 0 aliphatic carbocycles. The van der Waals surface area contributed by atoms with Crippen LogP contribution in [0.25, 0.3) is 0 Å². The molecule has 1 fully saturated rings. The maximum atomic E-state index is 11.8. The van der Waals surface area contributed by atoms with Crippen LogP contribution in [0.2, 0.25) is 0 Å². The molecule has 5 nitrogen and oxygen atoms in total. The van der Waals surface area contributed by atoms with Crippen molar-refractivity contribution in [3.05, 3.63) is 35.9 Å². The molecular weight excluding hydrogens is 244 g/mol. The molecular formula is C14H16N2O3. The normalized spacial score (nSPS) is 19.5. The van der Waals surface area contributed by atoms with Crippen molar-refractivity contribution in [3.63, 3.8) is 0 Å². The van der Waals surface area contributed by atoms with Crippen LogP contribution in [0.5, 0.6) is 0 Å². The Kier molecular flexibility index (Phi) is 3.94. The van der Waals surface area contributed by atoms with E-state index >= 15 is 0 Å². The average Bonchev–Trinajstić information content (AvgIpc) is 2.41. The highest BCUT2D eigenvalue weighted by atomic mass is 16.2. The van der Waals surface area contributed by atoms with E-state index in [0.717, 1.165) is 17.7 Å². The zero-order valence-corrected chi connectivity index (χ0v) is 10.8. The molecule has 1 aliphatic rings. The molecule has 4 amide bonds. The third kappa shape index (κ3) is 2.99. The van der Waals surface area contributed by atoms with E-state index in [4.69, 9.17) is 0 Å². The minimum absolute atomic E-state index is 0.415. The summed E-state index contributed by atoms with van der Waals surface area (Å²) in [5.41, 5.74) is 1.18. The van der Waals surface area contributed by atoms with Crippen LogP contribution in [0.15, 0.2) is 30.3 Å². The average molecular weight is 260 g/mol. The molecule has 0 unspecified atom stereocenters. The summed E-state index contributed by atoms with van der Waals surface area (Å²) in [4.78, 5) is 35.7. The van der Waals surface area contributed by atoms with Crippen LogP contribution in [0.3, 0.4) is 0 Å². The summed E-state index contributed by atoms with van der Waals surface area (Å²) in [5.74, 6) is -1.64. The van der Waals surface area contributed by atoms with Crippen molar-refractivity contribution in [2.24, 2.45) is 5.92 Å². The van der Waals surface area contributed by atoms with Gasteiger partial charge in [-0.05, 0) is 24.8 Å². The van der Waals surface area contributed by atoms with Gasteiger partial charge in [-0.2, -0.15) is 0 Å². The first-order valence-corrected chi connectivity index (χ1v) is 6.26. The van der Waals surface area contributed by atoms with Gasteiger partial charge in [0.1, 0.15) is 5.92 Å². The summed E-state index contributed by atoms with van der Waals surface area (Å²) in [6, 6.07) is 9.24. The van der Waals surface area contributed by atoms with Crippen LogP contribution in [0.1, 0.15) is 18.4 Å². The molecule has 1 aromatic rings. The monoisotopic (exact) mass is 260 g/mol. The Morgan fingerprint density at radius 3 is 2.53 bits per heavy atom. The standard InChI is InChI=1S/C14H16N2O3/c1-16-13(18)11(12(17)15-14(16)19)9-5-8-10-6-3-2-4-7-10/h2-4,6-7,11H,5,8-9H2,1H3,(H,15,17,19)/t11-/m0/s1. The van der Waals surface area contributed by atoms with Crippen molar-refractivity contribution in [2.45, 2.75) is 19.3 Å². The van der Waals surface area contributed by atoms with E-state index in [-0.39, 0.29) is 0 Å². The number of benzene rings is 1. The number of hydrogen-bond acceptors (Lipinski definition) is 3. The summed E-state index contributed by atoms with van der Waals surface area (Å²) in [6.07, 6.45) is 2.00. The van der Waals surface area contributed by atoms with Crippen LogP contribution in [-0.2, 0) is 16.0 Å². The van der Waals surface area contributed by atoms with Gasteiger partial charge < -0.3 is 0 Å². The molecule has 1 heterocycles. The van der Waals surface area contributed by atoms with Gasteiger partial charge >= 0.3 is 6.03 Å². The zero-order valence-electron chi connectivity index (χ0n) is 10.8. The molecule has 100 valence electrons. The molecule has 19 heavy (non-hydrogen) atoms. The fourth-order valence-corrected chi connectivity index (χ4v) is 2.13. The van der Waals surface area contributed by atoms with Crippen molar-refractivity contribution in [3.8, 4) is 0 Å². The lowest BCUT2D eigenvalue weighted by Gasteiger charge is -2.27. The van der Waals surface area contributed by atoms with Gasteiger partial charge in [-0.1, -0.05) is 30.3 Å². The largest absolute Gasteiger partial charge is 0.330 e. The zero-order chi connectivity index (χ0) is 13.8. The lowest BCUT2D eigenvalue weighted by molar-refractivity contribution is -0.142. The summed E-state index contributed by atoms with van der Waals surface area (Å²) in [7, 11) is 1.38. The second kappa shape index (κ2) is 5.65. The van der Waals surface area contributed by atoms with Gasteiger partial charge in [-0.25, -0.2) is 4.79 Å². The van der Waals surface area contributed by atoms with Crippen LogP contribution in [-0.4, -0.2) is 29.8 Å². The highest BCUT2D eigenvalue weighted by Crippen LogP contribution is 2.16. The predicted molar refractivity (Wildman–Crippen MR) is 69.2 cm³/mol. The summed E-state index contributed by atoms with van der Waals surface area (Å²) in [6.45, 7) is 0. The number of rotatable bonds is 4. The third-order valence-electron chi connectivity index (χ3n) is 3.28. The number of aryl methyl sites for hydroxylation is 1. The molecule has 0 bridgehead atoms. The van der Waals surface area contributed by atoms with Gasteiger partial charge in [0.15, 0.2) is 0 Å². The minimum atomic E-state index is -0.744. The van der Waals surface area contributed by atoms with E-state index in [9.17, 15) is 14.4 Å². The van der Waals surface area contributed by atoms with E-state index in [1.807, 2.05) is 30.3 Å². The first-order chi connectivity index (χ1) is 9.09. The molecule has 1 saturated heterocycles. The Morgan fingerprint density at radius 2 is 1.84 bits per heavy atom. The van der Waals surface area contributed by atoms with Crippen molar-refractivity contribution in [1.29, 1.82) is 0 Å². The van der Waals surface area contributed by atoms with Gasteiger partial charge in [0.2, 0.25) is 11.8 Å². The number of nitrogens with zero attached hydrogens (tertiary/aromatic N) is 1. The van der Waals surface area contributed by atoms with Gasteiger partial charge in [0, 0.05) is 7.05 Å². The molecule has 1 aliphatic heterocycles.